The summed E-state index contributed by atoms with van der Waals surface area (Å²) in [5.74, 6) is 0.567. The number of rotatable bonds is 6. The topological polar surface area (TPSA) is 66.0 Å². The molecule has 2 aromatic rings. The van der Waals surface area contributed by atoms with Crippen molar-refractivity contribution >= 4 is 34.5 Å². The van der Waals surface area contributed by atoms with E-state index in [1.807, 2.05) is 36.9 Å². The quantitative estimate of drug-likeness (QED) is 0.578. The predicted octanol–water partition coefficient (Wildman–Crippen LogP) is 4.64. The van der Waals surface area contributed by atoms with E-state index in [1.165, 1.54) is 5.56 Å². The molecule has 190 valence electrons. The van der Waals surface area contributed by atoms with Crippen LogP contribution in [0.3, 0.4) is 0 Å². The van der Waals surface area contributed by atoms with Crippen LogP contribution in [0.25, 0.3) is 10.9 Å². The van der Waals surface area contributed by atoms with Gasteiger partial charge >= 0.3 is 6.09 Å². The number of piperazine rings is 1. The number of halogens is 1. The number of hydrogen-bond acceptors (Lipinski definition) is 5. The molecule has 1 fully saturated rings. The Hall–Kier alpha value is -2.38. The molecule has 2 atom stereocenters. The monoisotopic (exact) mass is 500 g/mol. The molecule has 2 unspecified atom stereocenters. The first-order valence-corrected chi connectivity index (χ1v) is 13.1. The van der Waals surface area contributed by atoms with Crippen LogP contribution in [-0.4, -0.2) is 84.6 Å². The van der Waals surface area contributed by atoms with Crippen LogP contribution in [0.4, 0.5) is 4.79 Å². The lowest BCUT2D eigenvalue weighted by molar-refractivity contribution is 0.0412. The maximum atomic E-state index is 13.3. The molecule has 35 heavy (non-hydrogen) atoms. The normalized spacial score (nSPS) is 20.3. The van der Waals surface area contributed by atoms with Crippen LogP contribution in [0.2, 0.25) is 5.02 Å². The summed E-state index contributed by atoms with van der Waals surface area (Å²) in [6, 6.07) is 5.55. The Labute approximate surface area is 213 Å². The number of carbonyl (C=O) groups is 2. The average molecular weight is 501 g/mol. The Morgan fingerprint density at radius 2 is 2.06 bits per heavy atom. The maximum absolute atomic E-state index is 13.3. The van der Waals surface area contributed by atoms with Gasteiger partial charge in [-0.3, -0.25) is 9.78 Å². The van der Waals surface area contributed by atoms with E-state index in [9.17, 15) is 9.59 Å². The number of aromatic nitrogens is 1. The van der Waals surface area contributed by atoms with Crippen molar-refractivity contribution in [3.05, 3.63) is 40.0 Å². The molecule has 0 spiro atoms. The standard InChI is InChI=1S/C27H37ClN4O3/c1-5-14-35-27(34)32-13-12-31(17-18(32)2)26(33)20-7-9-22-24(16-20)29-23-15-19(10-11-30(3)4)6-8-21(23)25(22)28/h7,9,16,18-19H,5-6,8,10-15,17H2,1-4H3. The highest BCUT2D eigenvalue weighted by atomic mass is 35.5. The number of fused-ring (bicyclic) bond motifs is 2. The van der Waals surface area contributed by atoms with Crippen molar-refractivity contribution in [3.63, 3.8) is 0 Å². The Kier molecular flexibility index (Phi) is 8.17. The van der Waals surface area contributed by atoms with Crippen molar-refractivity contribution < 1.29 is 14.3 Å². The summed E-state index contributed by atoms with van der Waals surface area (Å²) in [4.78, 5) is 36.4. The van der Waals surface area contributed by atoms with E-state index in [0.717, 1.165) is 60.3 Å². The smallest absolute Gasteiger partial charge is 0.410 e. The van der Waals surface area contributed by atoms with Gasteiger partial charge in [0.15, 0.2) is 0 Å². The zero-order valence-electron chi connectivity index (χ0n) is 21.3. The molecule has 1 aliphatic heterocycles. The summed E-state index contributed by atoms with van der Waals surface area (Å²) >= 11 is 6.82. The second-order valence-corrected chi connectivity index (χ2v) is 10.6. The van der Waals surface area contributed by atoms with Gasteiger partial charge in [0.25, 0.3) is 5.91 Å². The fraction of sp³-hybridized carbons (Fsp3) is 0.593. The van der Waals surface area contributed by atoms with Crippen LogP contribution in [0.5, 0.6) is 0 Å². The zero-order valence-corrected chi connectivity index (χ0v) is 22.1. The Bertz CT molecular complexity index is 1090. The highest BCUT2D eigenvalue weighted by Crippen LogP contribution is 2.36. The molecule has 0 radical (unpaired) electrons. The van der Waals surface area contributed by atoms with Crippen LogP contribution >= 0.6 is 11.6 Å². The van der Waals surface area contributed by atoms with Crippen LogP contribution in [0.1, 0.15) is 54.7 Å². The van der Waals surface area contributed by atoms with Crippen molar-refractivity contribution in [2.24, 2.45) is 5.92 Å². The first-order valence-electron chi connectivity index (χ1n) is 12.8. The lowest BCUT2D eigenvalue weighted by atomic mass is 9.84. The van der Waals surface area contributed by atoms with Gasteiger partial charge < -0.3 is 19.4 Å². The molecular formula is C27H37ClN4O3. The van der Waals surface area contributed by atoms with E-state index < -0.39 is 0 Å². The van der Waals surface area contributed by atoms with E-state index in [-0.39, 0.29) is 18.0 Å². The van der Waals surface area contributed by atoms with Crippen LogP contribution in [-0.2, 0) is 17.6 Å². The third-order valence-corrected chi connectivity index (χ3v) is 7.63. The third kappa shape index (κ3) is 5.72. The zero-order chi connectivity index (χ0) is 25.1. The summed E-state index contributed by atoms with van der Waals surface area (Å²) in [6.45, 7) is 6.83. The molecule has 8 heteroatoms. The summed E-state index contributed by atoms with van der Waals surface area (Å²) in [5.41, 5.74) is 3.63. The number of pyridine rings is 1. The van der Waals surface area contributed by atoms with E-state index in [0.29, 0.717) is 37.7 Å². The molecule has 1 aromatic heterocycles. The molecular weight excluding hydrogens is 464 g/mol. The van der Waals surface area contributed by atoms with Gasteiger partial charge in [-0.15, -0.1) is 0 Å². The third-order valence-electron chi connectivity index (χ3n) is 7.20. The van der Waals surface area contributed by atoms with Gasteiger partial charge in [0.2, 0.25) is 0 Å². The SMILES string of the molecule is CCCOC(=O)N1CCN(C(=O)c2ccc3c(Cl)c4c(nc3c2)CC(CCN(C)C)CC4)CC1C. The van der Waals surface area contributed by atoms with E-state index in [4.69, 9.17) is 21.3 Å². The lowest BCUT2D eigenvalue weighted by Gasteiger charge is -2.39. The van der Waals surface area contributed by atoms with Gasteiger partial charge in [-0.1, -0.05) is 24.6 Å². The number of carbonyl (C=O) groups excluding carboxylic acids is 2. The highest BCUT2D eigenvalue weighted by molar-refractivity contribution is 6.36. The van der Waals surface area contributed by atoms with E-state index >= 15 is 0 Å². The molecule has 0 saturated carbocycles. The first-order chi connectivity index (χ1) is 16.8. The maximum Gasteiger partial charge on any atom is 0.410 e. The number of benzene rings is 1. The van der Waals surface area contributed by atoms with Crippen molar-refractivity contribution in [3.8, 4) is 0 Å². The summed E-state index contributed by atoms with van der Waals surface area (Å²) in [5, 5.41) is 1.69. The van der Waals surface area contributed by atoms with Crippen molar-refractivity contribution in [1.82, 2.24) is 19.7 Å². The van der Waals surface area contributed by atoms with Gasteiger partial charge in [0.05, 0.1) is 17.1 Å². The fourth-order valence-corrected chi connectivity index (χ4v) is 5.51. The Balaban J connectivity index is 1.49. The Morgan fingerprint density at radius 3 is 2.77 bits per heavy atom. The predicted molar refractivity (Wildman–Crippen MR) is 139 cm³/mol. The van der Waals surface area contributed by atoms with Gasteiger partial charge in [-0.25, -0.2) is 4.79 Å². The Morgan fingerprint density at radius 1 is 1.26 bits per heavy atom. The number of hydrogen-bond donors (Lipinski definition) is 0. The van der Waals surface area contributed by atoms with Crippen LogP contribution in [0, 0.1) is 5.92 Å². The number of nitrogens with zero attached hydrogens (tertiary/aromatic N) is 4. The van der Waals surface area contributed by atoms with Crippen molar-refractivity contribution in [2.75, 3.05) is 46.9 Å². The van der Waals surface area contributed by atoms with Crippen LogP contribution < -0.4 is 0 Å². The van der Waals surface area contributed by atoms with Gasteiger partial charge in [0, 0.05) is 42.3 Å². The van der Waals surface area contributed by atoms with E-state index in [2.05, 4.69) is 19.0 Å². The average Bonchev–Trinajstić information content (AvgIpc) is 2.85. The molecule has 0 N–H and O–H groups in total. The van der Waals surface area contributed by atoms with Gasteiger partial charge in [-0.05, 0) is 83.3 Å². The molecule has 4 rings (SSSR count). The summed E-state index contributed by atoms with van der Waals surface area (Å²) < 4.78 is 5.28. The molecule has 2 amide bonds. The molecule has 2 aliphatic rings. The summed E-state index contributed by atoms with van der Waals surface area (Å²) in [7, 11) is 4.22. The number of ether oxygens (including phenoxy) is 1. The fourth-order valence-electron chi connectivity index (χ4n) is 5.15. The van der Waals surface area contributed by atoms with Gasteiger partial charge in [0.1, 0.15) is 0 Å². The minimum atomic E-state index is -0.301. The second kappa shape index (κ2) is 11.1. The summed E-state index contributed by atoms with van der Waals surface area (Å²) in [6.07, 6.45) is 4.67. The molecule has 1 aromatic carbocycles. The highest BCUT2D eigenvalue weighted by Gasteiger charge is 2.31. The molecule has 7 nitrogen and oxygen atoms in total. The first kappa shape index (κ1) is 25.7. The second-order valence-electron chi connectivity index (χ2n) is 10.2. The van der Waals surface area contributed by atoms with Crippen molar-refractivity contribution in [2.45, 2.75) is 52.0 Å². The largest absolute Gasteiger partial charge is 0.449 e. The minimum Gasteiger partial charge on any atom is -0.449 e. The number of amides is 2. The molecule has 1 aliphatic carbocycles. The molecule has 1 saturated heterocycles. The molecule has 0 bridgehead atoms. The van der Waals surface area contributed by atoms with E-state index in [1.54, 1.807) is 4.90 Å². The van der Waals surface area contributed by atoms with Crippen molar-refractivity contribution in [1.29, 1.82) is 0 Å². The lowest BCUT2D eigenvalue weighted by Crippen LogP contribution is -2.55. The minimum absolute atomic E-state index is 0.0418. The van der Waals surface area contributed by atoms with Gasteiger partial charge in [-0.2, -0.15) is 0 Å². The molecule has 2 heterocycles. The van der Waals surface area contributed by atoms with Crippen LogP contribution in [0.15, 0.2) is 18.2 Å².